The number of ether oxygens (including phenoxy) is 1. The first-order valence-corrected chi connectivity index (χ1v) is 9.74. The Labute approximate surface area is 168 Å². The molecule has 0 aromatic heterocycles. The van der Waals surface area contributed by atoms with Crippen molar-refractivity contribution in [2.24, 2.45) is 5.92 Å². The topological polar surface area (TPSA) is 46.6 Å². The number of nitrogens with zero attached hydrogens (tertiary/aromatic N) is 1. The van der Waals surface area contributed by atoms with Gasteiger partial charge in [-0.3, -0.25) is 9.59 Å². The number of piperidine rings is 1. The van der Waals surface area contributed by atoms with E-state index in [1.807, 2.05) is 47.4 Å². The second-order valence-electron chi connectivity index (χ2n) is 6.94. The second-order valence-corrected chi connectivity index (χ2v) is 7.35. The van der Waals surface area contributed by atoms with E-state index >= 15 is 0 Å². The number of benzene rings is 3. The number of carbonyl (C=O) groups excluding carboxylic acids is 2. The van der Waals surface area contributed by atoms with Gasteiger partial charge in [0.15, 0.2) is 0 Å². The van der Waals surface area contributed by atoms with Gasteiger partial charge < -0.3 is 9.64 Å². The monoisotopic (exact) mass is 393 g/mol. The highest BCUT2D eigenvalue weighted by Crippen LogP contribution is 2.27. The number of amides is 1. The summed E-state index contributed by atoms with van der Waals surface area (Å²) in [4.78, 5) is 27.3. The first kappa shape index (κ1) is 18.5. The van der Waals surface area contributed by atoms with Crippen LogP contribution in [0.1, 0.15) is 23.2 Å². The molecule has 4 rings (SSSR count). The van der Waals surface area contributed by atoms with E-state index in [2.05, 4.69) is 0 Å². The minimum atomic E-state index is -0.287. The maximum atomic E-state index is 13.0. The Bertz CT molecular complexity index is 1020. The van der Waals surface area contributed by atoms with Crippen molar-refractivity contribution in [1.29, 1.82) is 0 Å². The fourth-order valence-electron chi connectivity index (χ4n) is 3.62. The summed E-state index contributed by atoms with van der Waals surface area (Å²) in [6, 6.07) is 20.6. The average Bonchev–Trinajstić information content (AvgIpc) is 2.74. The van der Waals surface area contributed by atoms with Gasteiger partial charge in [0.2, 0.25) is 0 Å². The van der Waals surface area contributed by atoms with Crippen molar-refractivity contribution in [3.05, 3.63) is 77.3 Å². The lowest BCUT2D eigenvalue weighted by Gasteiger charge is -2.31. The highest BCUT2D eigenvalue weighted by atomic mass is 35.5. The molecule has 1 aliphatic rings. The Morgan fingerprint density at radius 1 is 0.893 bits per heavy atom. The van der Waals surface area contributed by atoms with E-state index in [9.17, 15) is 9.59 Å². The molecule has 0 N–H and O–H groups in total. The lowest BCUT2D eigenvalue weighted by molar-refractivity contribution is -0.140. The third-order valence-corrected chi connectivity index (χ3v) is 5.49. The van der Waals surface area contributed by atoms with Crippen LogP contribution in [0.15, 0.2) is 66.7 Å². The Morgan fingerprint density at radius 2 is 1.57 bits per heavy atom. The van der Waals surface area contributed by atoms with Crippen LogP contribution in [0.25, 0.3) is 10.8 Å². The zero-order valence-corrected chi connectivity index (χ0v) is 16.1. The molecule has 4 nitrogen and oxygen atoms in total. The third-order valence-electron chi connectivity index (χ3n) is 5.18. The average molecular weight is 394 g/mol. The predicted octanol–water partition coefficient (Wildman–Crippen LogP) is 4.95. The standard InChI is InChI=1S/C23H20ClNO3/c24-20-10-3-4-11-21(20)28-23(27)17-12-14-25(15-13-17)22(26)19-9-5-7-16-6-1-2-8-18(16)19/h1-11,17H,12-15H2. The molecule has 0 bridgehead atoms. The second kappa shape index (κ2) is 8.03. The number of para-hydroxylation sites is 1. The highest BCUT2D eigenvalue weighted by Gasteiger charge is 2.29. The Hall–Kier alpha value is -2.85. The Kier molecular flexibility index (Phi) is 5.31. The van der Waals surface area contributed by atoms with Crippen LogP contribution >= 0.6 is 11.6 Å². The predicted molar refractivity (Wildman–Crippen MR) is 110 cm³/mol. The van der Waals surface area contributed by atoms with Crippen molar-refractivity contribution in [2.75, 3.05) is 13.1 Å². The van der Waals surface area contributed by atoms with Gasteiger partial charge in [-0.25, -0.2) is 0 Å². The van der Waals surface area contributed by atoms with E-state index in [0.29, 0.717) is 42.3 Å². The molecule has 0 saturated carbocycles. The zero-order chi connectivity index (χ0) is 19.5. The van der Waals surface area contributed by atoms with Crippen molar-refractivity contribution >= 4 is 34.2 Å². The maximum Gasteiger partial charge on any atom is 0.314 e. The Balaban J connectivity index is 1.42. The fourth-order valence-corrected chi connectivity index (χ4v) is 3.79. The molecule has 1 fully saturated rings. The lowest BCUT2D eigenvalue weighted by atomic mass is 9.95. The van der Waals surface area contributed by atoms with Crippen molar-refractivity contribution in [3.8, 4) is 5.75 Å². The molecule has 0 unspecified atom stereocenters. The van der Waals surface area contributed by atoms with Crippen molar-refractivity contribution < 1.29 is 14.3 Å². The molecular weight excluding hydrogens is 374 g/mol. The molecule has 1 heterocycles. The summed E-state index contributed by atoms with van der Waals surface area (Å²) >= 11 is 6.06. The van der Waals surface area contributed by atoms with E-state index in [1.54, 1.807) is 24.3 Å². The number of halogens is 1. The number of hydrogen-bond acceptors (Lipinski definition) is 3. The molecule has 5 heteroatoms. The smallest absolute Gasteiger partial charge is 0.314 e. The normalized spacial score (nSPS) is 14.8. The van der Waals surface area contributed by atoms with Gasteiger partial charge in [0.1, 0.15) is 5.75 Å². The fraction of sp³-hybridized carbons (Fsp3) is 0.217. The molecule has 0 spiro atoms. The van der Waals surface area contributed by atoms with Crippen LogP contribution < -0.4 is 4.74 Å². The molecular formula is C23H20ClNO3. The summed E-state index contributed by atoms with van der Waals surface area (Å²) in [5, 5.41) is 2.42. The van der Waals surface area contributed by atoms with E-state index in [1.165, 1.54) is 0 Å². The number of esters is 1. The molecule has 0 atom stereocenters. The molecule has 3 aromatic rings. The van der Waals surface area contributed by atoms with Crippen LogP contribution in [0.2, 0.25) is 5.02 Å². The van der Waals surface area contributed by atoms with Crippen LogP contribution in [-0.2, 0) is 4.79 Å². The van der Waals surface area contributed by atoms with Gasteiger partial charge in [0.05, 0.1) is 10.9 Å². The summed E-state index contributed by atoms with van der Waals surface area (Å²) in [7, 11) is 0. The SMILES string of the molecule is O=C(Oc1ccccc1Cl)C1CCN(C(=O)c2cccc3ccccc23)CC1. The summed E-state index contributed by atoms with van der Waals surface area (Å²) in [5.41, 5.74) is 0.704. The molecule has 3 aromatic carbocycles. The van der Waals surface area contributed by atoms with E-state index in [0.717, 1.165) is 10.8 Å². The van der Waals surface area contributed by atoms with Gasteiger partial charge in [0.25, 0.3) is 5.91 Å². The van der Waals surface area contributed by atoms with Gasteiger partial charge in [-0.05, 0) is 41.8 Å². The minimum absolute atomic E-state index is 0.00900. The number of likely N-dealkylation sites (tertiary alicyclic amines) is 1. The number of hydrogen-bond donors (Lipinski definition) is 0. The van der Waals surface area contributed by atoms with Crippen LogP contribution in [0.4, 0.5) is 0 Å². The molecule has 1 amide bonds. The van der Waals surface area contributed by atoms with E-state index in [4.69, 9.17) is 16.3 Å². The van der Waals surface area contributed by atoms with Gasteiger partial charge in [-0.2, -0.15) is 0 Å². The van der Waals surface area contributed by atoms with Crippen LogP contribution in [0.5, 0.6) is 5.75 Å². The molecule has 1 saturated heterocycles. The quantitative estimate of drug-likeness (QED) is 0.467. The van der Waals surface area contributed by atoms with E-state index in [-0.39, 0.29) is 17.8 Å². The van der Waals surface area contributed by atoms with Crippen LogP contribution in [0.3, 0.4) is 0 Å². The molecule has 1 aliphatic heterocycles. The molecule has 0 aliphatic carbocycles. The lowest BCUT2D eigenvalue weighted by Crippen LogP contribution is -2.41. The number of fused-ring (bicyclic) bond motifs is 1. The zero-order valence-electron chi connectivity index (χ0n) is 15.3. The van der Waals surface area contributed by atoms with Crippen molar-refractivity contribution in [1.82, 2.24) is 4.90 Å². The first-order valence-electron chi connectivity index (χ1n) is 9.37. The first-order chi connectivity index (χ1) is 13.6. The Morgan fingerprint density at radius 3 is 2.36 bits per heavy atom. The largest absolute Gasteiger partial charge is 0.425 e. The van der Waals surface area contributed by atoms with Gasteiger partial charge in [-0.1, -0.05) is 60.1 Å². The third kappa shape index (κ3) is 3.73. The number of carbonyl (C=O) groups is 2. The molecule has 0 radical (unpaired) electrons. The summed E-state index contributed by atoms with van der Waals surface area (Å²) < 4.78 is 5.45. The van der Waals surface area contributed by atoms with Gasteiger partial charge >= 0.3 is 5.97 Å². The van der Waals surface area contributed by atoms with Gasteiger partial charge in [0, 0.05) is 18.7 Å². The van der Waals surface area contributed by atoms with Crippen LogP contribution in [0, 0.1) is 5.92 Å². The highest BCUT2D eigenvalue weighted by molar-refractivity contribution is 6.32. The number of rotatable bonds is 3. The van der Waals surface area contributed by atoms with Crippen molar-refractivity contribution in [3.63, 3.8) is 0 Å². The summed E-state index contributed by atoms with van der Waals surface area (Å²) in [6.07, 6.45) is 1.17. The molecule has 142 valence electrons. The van der Waals surface area contributed by atoms with Gasteiger partial charge in [-0.15, -0.1) is 0 Å². The van der Waals surface area contributed by atoms with Crippen LogP contribution in [-0.4, -0.2) is 29.9 Å². The summed E-state index contributed by atoms with van der Waals surface area (Å²) in [5.74, 6) is -0.128. The van der Waals surface area contributed by atoms with Crippen molar-refractivity contribution in [2.45, 2.75) is 12.8 Å². The minimum Gasteiger partial charge on any atom is -0.425 e. The van der Waals surface area contributed by atoms with E-state index < -0.39 is 0 Å². The maximum absolute atomic E-state index is 13.0. The molecule has 28 heavy (non-hydrogen) atoms. The summed E-state index contributed by atoms with van der Waals surface area (Å²) in [6.45, 7) is 1.06.